The van der Waals surface area contributed by atoms with Crippen molar-refractivity contribution < 1.29 is 18.9 Å². The minimum Gasteiger partial charge on any atom is -0.488 e. The molecule has 5 rings (SSSR count). The lowest BCUT2D eigenvalue weighted by Crippen LogP contribution is -2.16. The van der Waals surface area contributed by atoms with Gasteiger partial charge in [-0.25, -0.2) is 5.43 Å². The van der Waals surface area contributed by atoms with Gasteiger partial charge in [0, 0.05) is 17.5 Å². The van der Waals surface area contributed by atoms with Crippen LogP contribution in [0.4, 0.5) is 5.69 Å². The molecule has 0 fully saturated rings. The van der Waals surface area contributed by atoms with E-state index in [-0.39, 0.29) is 11.4 Å². The van der Waals surface area contributed by atoms with Crippen LogP contribution in [0.3, 0.4) is 0 Å². The Hall–Kier alpha value is -4.50. The molecule has 0 bridgehead atoms. The Morgan fingerprint density at radius 1 is 1.03 bits per heavy atom. The molecular weight excluding hydrogens is 526 g/mol. The van der Waals surface area contributed by atoms with Crippen molar-refractivity contribution in [3.05, 3.63) is 116 Å². The fourth-order valence-electron chi connectivity index (χ4n) is 3.77. The van der Waals surface area contributed by atoms with E-state index in [4.69, 9.17) is 9.15 Å². The van der Waals surface area contributed by atoms with Crippen LogP contribution >= 0.6 is 15.9 Å². The molecule has 0 saturated heterocycles. The van der Waals surface area contributed by atoms with Gasteiger partial charge in [-0.1, -0.05) is 42.5 Å². The molecule has 0 atom stereocenters. The largest absolute Gasteiger partial charge is 0.488 e. The van der Waals surface area contributed by atoms with Crippen LogP contribution in [-0.4, -0.2) is 17.0 Å². The molecule has 1 aromatic heterocycles. The number of rotatable bonds is 7. The monoisotopic (exact) mass is 543 g/mol. The average Bonchev–Trinajstić information content (AvgIpc) is 3.32. The highest BCUT2D eigenvalue weighted by atomic mass is 79.9. The third-order valence-electron chi connectivity index (χ3n) is 5.53. The van der Waals surface area contributed by atoms with E-state index in [1.807, 2.05) is 42.5 Å². The quantitative estimate of drug-likeness (QED) is 0.141. The van der Waals surface area contributed by atoms with Gasteiger partial charge in [0.2, 0.25) is 0 Å². The highest BCUT2D eigenvalue weighted by molar-refractivity contribution is 9.10. The van der Waals surface area contributed by atoms with Gasteiger partial charge in [-0.2, -0.15) is 5.10 Å². The maximum Gasteiger partial charge on any atom is 0.307 e. The molecule has 0 aliphatic carbocycles. The summed E-state index contributed by atoms with van der Waals surface area (Å²) in [7, 11) is 0. The van der Waals surface area contributed by atoms with Crippen LogP contribution < -0.4 is 10.2 Å². The van der Waals surface area contributed by atoms with Gasteiger partial charge >= 0.3 is 5.91 Å². The number of fused-ring (bicyclic) bond motifs is 2. The zero-order valence-electron chi connectivity index (χ0n) is 18.7. The molecule has 1 heterocycles. The number of nitro benzene ring substituents is 1. The number of carbonyl (C=O) groups is 1. The maximum absolute atomic E-state index is 12.4. The minimum absolute atomic E-state index is 0.000937. The Kier molecular flexibility index (Phi) is 6.46. The summed E-state index contributed by atoms with van der Waals surface area (Å²) in [6.45, 7) is 0.421. The number of ether oxygens (including phenoxy) is 1. The molecule has 5 aromatic rings. The van der Waals surface area contributed by atoms with Crippen molar-refractivity contribution in [2.45, 2.75) is 6.61 Å². The number of carbonyl (C=O) groups excluding carboxylic acids is 1. The summed E-state index contributed by atoms with van der Waals surface area (Å²) in [5, 5.41) is 17.7. The second-order valence-corrected chi connectivity index (χ2v) is 8.76. The van der Waals surface area contributed by atoms with Crippen molar-refractivity contribution in [3.8, 4) is 5.75 Å². The second kappa shape index (κ2) is 10.0. The minimum atomic E-state index is -0.570. The predicted octanol–water partition coefficient (Wildman–Crippen LogP) is 6.60. The van der Waals surface area contributed by atoms with Crippen LogP contribution in [0, 0.1) is 10.1 Å². The van der Waals surface area contributed by atoms with Crippen molar-refractivity contribution in [2.75, 3.05) is 0 Å². The first-order valence-electron chi connectivity index (χ1n) is 10.9. The predicted molar refractivity (Wildman–Crippen MR) is 140 cm³/mol. The summed E-state index contributed by atoms with van der Waals surface area (Å²) in [6, 6.07) is 25.3. The lowest BCUT2D eigenvalue weighted by Gasteiger charge is -2.11. The molecule has 9 heteroatoms. The van der Waals surface area contributed by atoms with Crippen LogP contribution in [0.25, 0.3) is 21.7 Å². The number of halogens is 1. The number of non-ortho nitro benzene ring substituents is 1. The number of hydrazone groups is 1. The van der Waals surface area contributed by atoms with Gasteiger partial charge in [-0.3, -0.25) is 14.9 Å². The number of nitrogens with one attached hydrogen (secondary N) is 1. The third-order valence-corrected chi connectivity index (χ3v) is 6.15. The topological polar surface area (TPSA) is 107 Å². The van der Waals surface area contributed by atoms with Gasteiger partial charge in [0.15, 0.2) is 5.76 Å². The van der Waals surface area contributed by atoms with Crippen LogP contribution in [0.1, 0.15) is 21.7 Å². The van der Waals surface area contributed by atoms with Crippen molar-refractivity contribution in [1.29, 1.82) is 0 Å². The number of hydrogen-bond donors (Lipinski definition) is 1. The Balaban J connectivity index is 1.22. The van der Waals surface area contributed by atoms with E-state index in [0.717, 1.165) is 26.4 Å². The van der Waals surface area contributed by atoms with Gasteiger partial charge in [0.25, 0.3) is 5.69 Å². The Labute approximate surface area is 213 Å². The van der Waals surface area contributed by atoms with E-state index >= 15 is 0 Å². The molecule has 178 valence electrons. The fraction of sp³-hybridized carbons (Fsp3) is 0.0370. The molecule has 1 N–H and O–H groups in total. The third kappa shape index (κ3) is 4.96. The first-order valence-corrected chi connectivity index (χ1v) is 11.7. The average molecular weight is 544 g/mol. The summed E-state index contributed by atoms with van der Waals surface area (Å²) < 4.78 is 12.2. The summed E-state index contributed by atoms with van der Waals surface area (Å²) in [5.74, 6) is 0.112. The first-order chi connectivity index (χ1) is 17.5. The number of nitro groups is 1. The molecule has 8 nitrogen and oxygen atoms in total. The highest BCUT2D eigenvalue weighted by Crippen LogP contribution is 2.28. The number of amides is 1. The van der Waals surface area contributed by atoms with Gasteiger partial charge in [-0.15, -0.1) is 0 Å². The van der Waals surface area contributed by atoms with E-state index in [1.165, 1.54) is 30.5 Å². The molecule has 0 radical (unpaired) electrons. The van der Waals surface area contributed by atoms with Gasteiger partial charge < -0.3 is 9.15 Å². The van der Waals surface area contributed by atoms with Crippen molar-refractivity contribution >= 4 is 55.5 Å². The zero-order chi connectivity index (χ0) is 25.1. The molecule has 0 saturated carbocycles. The first kappa shape index (κ1) is 23.3. The second-order valence-electron chi connectivity index (χ2n) is 7.91. The summed E-state index contributed by atoms with van der Waals surface area (Å²) in [5.41, 5.74) is 4.52. The van der Waals surface area contributed by atoms with Crippen molar-refractivity contribution in [2.24, 2.45) is 5.10 Å². The molecule has 0 spiro atoms. The maximum atomic E-state index is 12.4. The molecule has 36 heavy (non-hydrogen) atoms. The standard InChI is InChI=1S/C27H18BrN3O5/c28-23-12-17(8-10-25(23)35-16-19-6-3-5-18-4-1-2-7-22(18)19)15-29-30-27(32)26-14-20-13-21(31(33)34)9-11-24(20)36-26/h1-15H,16H2,(H,30,32)/b29-15-. The molecule has 0 aliphatic heterocycles. The Bertz CT molecular complexity index is 1640. The molecule has 1 amide bonds. The number of nitrogens with zero attached hydrogens (tertiary/aromatic N) is 2. The summed E-state index contributed by atoms with van der Waals surface area (Å²) in [6.07, 6.45) is 1.49. The Morgan fingerprint density at radius 2 is 1.86 bits per heavy atom. The lowest BCUT2D eigenvalue weighted by molar-refractivity contribution is -0.384. The van der Waals surface area contributed by atoms with Gasteiger partial charge in [0.05, 0.1) is 15.6 Å². The SMILES string of the molecule is O=C(N/N=C\c1ccc(OCc2cccc3ccccc23)c(Br)c1)c1cc2cc([N+](=O)[O-])ccc2o1. The molecular formula is C27H18BrN3O5. The van der Waals surface area contributed by atoms with Crippen LogP contribution in [-0.2, 0) is 6.61 Å². The summed E-state index contributed by atoms with van der Waals surface area (Å²) in [4.78, 5) is 22.8. The van der Waals surface area contributed by atoms with E-state index in [9.17, 15) is 14.9 Å². The van der Waals surface area contributed by atoms with Crippen LogP contribution in [0.2, 0.25) is 0 Å². The molecule has 0 aliphatic rings. The summed E-state index contributed by atoms with van der Waals surface area (Å²) >= 11 is 3.53. The smallest absolute Gasteiger partial charge is 0.307 e. The fourth-order valence-corrected chi connectivity index (χ4v) is 4.28. The number of furan rings is 1. The van der Waals surface area contributed by atoms with Crippen LogP contribution in [0.5, 0.6) is 5.75 Å². The zero-order valence-corrected chi connectivity index (χ0v) is 20.3. The van der Waals surface area contributed by atoms with E-state index in [1.54, 1.807) is 0 Å². The van der Waals surface area contributed by atoms with Crippen molar-refractivity contribution in [1.82, 2.24) is 5.43 Å². The number of hydrogen-bond acceptors (Lipinski definition) is 6. The van der Waals surface area contributed by atoms with Crippen molar-refractivity contribution in [3.63, 3.8) is 0 Å². The van der Waals surface area contributed by atoms with E-state index < -0.39 is 10.8 Å². The van der Waals surface area contributed by atoms with Crippen LogP contribution in [0.15, 0.2) is 98.9 Å². The Morgan fingerprint density at radius 3 is 2.69 bits per heavy atom. The molecule has 4 aromatic carbocycles. The highest BCUT2D eigenvalue weighted by Gasteiger charge is 2.14. The van der Waals surface area contributed by atoms with E-state index in [0.29, 0.717) is 23.3 Å². The molecule has 0 unspecified atom stereocenters. The normalized spacial score (nSPS) is 11.2. The number of benzene rings is 4. The lowest BCUT2D eigenvalue weighted by atomic mass is 10.1. The van der Waals surface area contributed by atoms with Gasteiger partial charge in [0.1, 0.15) is 17.9 Å². The van der Waals surface area contributed by atoms with Gasteiger partial charge in [-0.05, 0) is 68.2 Å². The van der Waals surface area contributed by atoms with E-state index in [2.05, 4.69) is 44.7 Å².